The van der Waals surface area contributed by atoms with Crippen LogP contribution in [-0.2, 0) is 0 Å². The molecular weight excluding hydrogens is 188 g/mol. The molecule has 0 unspecified atom stereocenters. The minimum absolute atomic E-state index is 0.296. The second-order valence-electron chi connectivity index (χ2n) is 2.55. The summed E-state index contributed by atoms with van der Waals surface area (Å²) in [7, 11) is 0. The first-order chi connectivity index (χ1) is 6.31. The SMILES string of the molecule is O=C(CO)c1ccc2nsnc2c1. The Morgan fingerprint density at radius 1 is 1.38 bits per heavy atom. The van der Waals surface area contributed by atoms with Gasteiger partial charge in [-0.1, -0.05) is 0 Å². The molecule has 5 heteroatoms. The van der Waals surface area contributed by atoms with Crippen molar-refractivity contribution in [2.24, 2.45) is 0 Å². The maximum atomic E-state index is 11.1. The van der Waals surface area contributed by atoms with E-state index in [0.717, 1.165) is 17.2 Å². The Labute approximate surface area is 78.2 Å². The van der Waals surface area contributed by atoms with Gasteiger partial charge in [-0.2, -0.15) is 8.75 Å². The number of carbonyl (C=O) groups excluding carboxylic acids is 1. The smallest absolute Gasteiger partial charge is 0.188 e. The van der Waals surface area contributed by atoms with Crippen LogP contribution in [0.1, 0.15) is 10.4 Å². The Hall–Kier alpha value is -1.33. The molecule has 0 radical (unpaired) electrons. The van der Waals surface area contributed by atoms with Crippen LogP contribution in [0.15, 0.2) is 18.2 Å². The van der Waals surface area contributed by atoms with Crippen LogP contribution in [0.3, 0.4) is 0 Å². The van der Waals surface area contributed by atoms with Crippen molar-refractivity contribution in [1.29, 1.82) is 0 Å². The number of hydrogen-bond donors (Lipinski definition) is 1. The molecule has 1 aromatic carbocycles. The van der Waals surface area contributed by atoms with Gasteiger partial charge in [-0.25, -0.2) is 0 Å². The number of fused-ring (bicyclic) bond motifs is 1. The molecule has 0 saturated carbocycles. The molecule has 2 aromatic rings. The lowest BCUT2D eigenvalue weighted by Gasteiger charge is -1.95. The molecule has 1 N–H and O–H groups in total. The summed E-state index contributed by atoms with van der Waals surface area (Å²) in [6.45, 7) is -0.469. The summed E-state index contributed by atoms with van der Waals surface area (Å²) in [6.07, 6.45) is 0. The average Bonchev–Trinajstić information content (AvgIpc) is 2.63. The van der Waals surface area contributed by atoms with Crippen molar-refractivity contribution in [3.63, 3.8) is 0 Å². The van der Waals surface area contributed by atoms with Gasteiger partial charge in [-0.15, -0.1) is 0 Å². The number of nitrogens with zero attached hydrogens (tertiary/aromatic N) is 2. The average molecular weight is 194 g/mol. The summed E-state index contributed by atoms with van der Waals surface area (Å²) in [6, 6.07) is 5.00. The van der Waals surface area contributed by atoms with Gasteiger partial charge in [0.1, 0.15) is 17.6 Å². The van der Waals surface area contributed by atoms with Gasteiger partial charge in [0.05, 0.1) is 11.7 Å². The quantitative estimate of drug-likeness (QED) is 0.720. The molecule has 0 aliphatic carbocycles. The highest BCUT2D eigenvalue weighted by Gasteiger charge is 2.06. The van der Waals surface area contributed by atoms with E-state index in [0.29, 0.717) is 11.1 Å². The standard InChI is InChI=1S/C8H6N2O2S/c11-4-8(12)5-1-2-6-7(3-5)10-13-9-6/h1-3,11H,4H2. The van der Waals surface area contributed by atoms with Crippen LogP contribution in [0, 0.1) is 0 Å². The minimum Gasteiger partial charge on any atom is -0.388 e. The van der Waals surface area contributed by atoms with E-state index in [4.69, 9.17) is 5.11 Å². The van der Waals surface area contributed by atoms with Crippen LogP contribution < -0.4 is 0 Å². The summed E-state index contributed by atoms with van der Waals surface area (Å²) in [4.78, 5) is 11.1. The highest BCUT2D eigenvalue weighted by atomic mass is 32.1. The molecule has 0 bridgehead atoms. The van der Waals surface area contributed by atoms with E-state index >= 15 is 0 Å². The molecule has 0 aliphatic rings. The number of Topliss-reactive ketones (excluding diaryl/α,β-unsaturated/α-hetero) is 1. The second-order valence-corrected chi connectivity index (χ2v) is 3.08. The van der Waals surface area contributed by atoms with Crippen LogP contribution in [0.4, 0.5) is 0 Å². The lowest BCUT2D eigenvalue weighted by molar-refractivity contribution is 0.0904. The Morgan fingerprint density at radius 3 is 2.92 bits per heavy atom. The fourth-order valence-electron chi connectivity index (χ4n) is 1.05. The van der Waals surface area contributed by atoms with E-state index in [1.807, 2.05) is 0 Å². The van der Waals surface area contributed by atoms with Crippen LogP contribution in [0.25, 0.3) is 11.0 Å². The van der Waals surface area contributed by atoms with Crippen LogP contribution in [0.5, 0.6) is 0 Å². The first-order valence-electron chi connectivity index (χ1n) is 3.67. The highest BCUT2D eigenvalue weighted by Crippen LogP contribution is 2.13. The van der Waals surface area contributed by atoms with Gasteiger partial charge < -0.3 is 5.11 Å². The Morgan fingerprint density at radius 2 is 2.15 bits per heavy atom. The van der Waals surface area contributed by atoms with E-state index in [1.54, 1.807) is 18.2 Å². The number of hydrogen-bond acceptors (Lipinski definition) is 5. The molecule has 0 saturated heterocycles. The zero-order valence-corrected chi connectivity index (χ0v) is 7.41. The van der Waals surface area contributed by atoms with E-state index in [-0.39, 0.29) is 5.78 Å². The monoisotopic (exact) mass is 194 g/mol. The first kappa shape index (κ1) is 8.28. The summed E-state index contributed by atoms with van der Waals surface area (Å²) < 4.78 is 7.99. The summed E-state index contributed by atoms with van der Waals surface area (Å²) in [5.41, 5.74) is 1.95. The first-order valence-corrected chi connectivity index (χ1v) is 4.40. The molecule has 1 aromatic heterocycles. The fraction of sp³-hybridized carbons (Fsp3) is 0.125. The van der Waals surface area contributed by atoms with Crippen LogP contribution >= 0.6 is 11.7 Å². The van der Waals surface area contributed by atoms with E-state index in [1.165, 1.54) is 0 Å². The molecule has 2 rings (SSSR count). The molecule has 13 heavy (non-hydrogen) atoms. The Balaban J connectivity index is 2.54. The van der Waals surface area contributed by atoms with Gasteiger partial charge in [0.15, 0.2) is 5.78 Å². The van der Waals surface area contributed by atoms with E-state index < -0.39 is 6.61 Å². The minimum atomic E-state index is -0.469. The topological polar surface area (TPSA) is 63.1 Å². The lowest BCUT2D eigenvalue weighted by Crippen LogP contribution is -2.03. The van der Waals surface area contributed by atoms with Crippen molar-refractivity contribution >= 4 is 28.5 Å². The van der Waals surface area contributed by atoms with Gasteiger partial charge in [0.2, 0.25) is 0 Å². The van der Waals surface area contributed by atoms with Gasteiger partial charge in [-0.3, -0.25) is 4.79 Å². The van der Waals surface area contributed by atoms with E-state index in [2.05, 4.69) is 8.75 Å². The van der Waals surface area contributed by atoms with Crippen molar-refractivity contribution in [3.05, 3.63) is 23.8 Å². The zero-order valence-electron chi connectivity index (χ0n) is 6.60. The van der Waals surface area contributed by atoms with Gasteiger partial charge in [0.25, 0.3) is 0 Å². The predicted molar refractivity (Wildman–Crippen MR) is 48.8 cm³/mol. The van der Waals surface area contributed by atoms with Crippen molar-refractivity contribution in [2.75, 3.05) is 6.61 Å². The normalized spacial score (nSPS) is 10.5. The largest absolute Gasteiger partial charge is 0.388 e. The molecular formula is C8H6N2O2S. The maximum absolute atomic E-state index is 11.1. The van der Waals surface area contributed by atoms with Crippen LogP contribution in [0.2, 0.25) is 0 Å². The maximum Gasteiger partial charge on any atom is 0.188 e. The van der Waals surface area contributed by atoms with Crippen molar-refractivity contribution in [2.45, 2.75) is 0 Å². The molecule has 1 heterocycles. The molecule has 0 aliphatic heterocycles. The molecule has 0 amide bonds. The third kappa shape index (κ3) is 1.43. The third-order valence-corrected chi connectivity index (χ3v) is 2.28. The number of aromatic nitrogens is 2. The molecule has 0 atom stereocenters. The van der Waals surface area contributed by atoms with E-state index in [9.17, 15) is 4.79 Å². The number of aliphatic hydroxyl groups is 1. The zero-order chi connectivity index (χ0) is 9.26. The highest BCUT2D eigenvalue weighted by molar-refractivity contribution is 7.00. The van der Waals surface area contributed by atoms with Gasteiger partial charge >= 0.3 is 0 Å². The Kier molecular flexibility index (Phi) is 2.03. The predicted octanol–water partition coefficient (Wildman–Crippen LogP) is 0.866. The van der Waals surface area contributed by atoms with Crippen molar-refractivity contribution < 1.29 is 9.90 Å². The van der Waals surface area contributed by atoms with Crippen LogP contribution in [-0.4, -0.2) is 26.2 Å². The summed E-state index contributed by atoms with van der Waals surface area (Å²) >= 11 is 1.11. The molecule has 0 spiro atoms. The number of benzene rings is 1. The van der Waals surface area contributed by atoms with Gasteiger partial charge in [-0.05, 0) is 18.2 Å². The lowest BCUT2D eigenvalue weighted by atomic mass is 10.1. The fourth-order valence-corrected chi connectivity index (χ4v) is 1.56. The second kappa shape index (κ2) is 3.20. The molecule has 66 valence electrons. The third-order valence-electron chi connectivity index (χ3n) is 1.72. The van der Waals surface area contributed by atoms with Crippen molar-refractivity contribution in [3.8, 4) is 0 Å². The van der Waals surface area contributed by atoms with Crippen molar-refractivity contribution in [1.82, 2.24) is 8.75 Å². The number of rotatable bonds is 2. The van der Waals surface area contributed by atoms with Gasteiger partial charge in [0, 0.05) is 5.56 Å². The Bertz CT molecular complexity index is 452. The number of ketones is 1. The summed E-state index contributed by atoms with van der Waals surface area (Å²) in [5.74, 6) is -0.296. The summed E-state index contributed by atoms with van der Waals surface area (Å²) in [5, 5.41) is 8.63. The number of aliphatic hydroxyl groups excluding tert-OH is 1. The molecule has 4 nitrogen and oxygen atoms in total. The number of carbonyl (C=O) groups is 1. The molecule has 0 fully saturated rings.